The zero-order valence-electron chi connectivity index (χ0n) is 10.7. The van der Waals surface area contributed by atoms with Crippen molar-refractivity contribution in [3.05, 3.63) is 39.9 Å². The first-order valence-corrected chi connectivity index (χ1v) is 7.07. The van der Waals surface area contributed by atoms with Crippen LogP contribution in [0.4, 0.5) is 10.5 Å². The molecule has 0 saturated carbocycles. The highest BCUT2D eigenvalue weighted by Crippen LogP contribution is 2.13. The summed E-state index contributed by atoms with van der Waals surface area (Å²) in [6.45, 7) is -1.44. The molecule has 0 bridgehead atoms. The maximum Gasteiger partial charge on any atom is 0.424 e. The lowest BCUT2D eigenvalue weighted by Gasteiger charge is -2.18. The third kappa shape index (κ3) is 4.98. The van der Waals surface area contributed by atoms with Gasteiger partial charge in [-0.2, -0.15) is 12.7 Å². The third-order valence-corrected chi connectivity index (χ3v) is 3.27. The highest BCUT2D eigenvalue weighted by atomic mass is 32.2. The van der Waals surface area contributed by atoms with Crippen LogP contribution in [0.15, 0.2) is 24.3 Å². The van der Waals surface area contributed by atoms with E-state index in [2.05, 4.69) is 0 Å². The summed E-state index contributed by atoms with van der Waals surface area (Å²) in [6, 6.07) is 5.15. The number of rotatable bonds is 6. The molecular weight excluding hydrogens is 306 g/mol. The normalized spacial score (nSPS) is 11.0. The molecule has 0 aliphatic heterocycles. The van der Waals surface area contributed by atoms with Crippen LogP contribution in [0.5, 0.6) is 0 Å². The molecule has 1 amide bonds. The van der Waals surface area contributed by atoms with Crippen LogP contribution in [0, 0.1) is 10.1 Å². The number of nitrogens with two attached hydrogens (primary N) is 1. The predicted octanol–water partition coefficient (Wildman–Crippen LogP) is -0.271. The number of nitro benzene ring substituents is 1. The number of benzene rings is 1. The number of nitrogens with zero attached hydrogens (tertiary/aromatic N) is 2. The molecule has 0 radical (unpaired) electrons. The summed E-state index contributed by atoms with van der Waals surface area (Å²) in [5.41, 5.74) is 0.295. The fourth-order valence-corrected chi connectivity index (χ4v) is 1.94. The fourth-order valence-electron chi connectivity index (χ4n) is 1.34. The number of amides is 1. The number of carbonyl (C=O) groups is 1. The minimum Gasteiger partial charge on any atom is -0.444 e. The van der Waals surface area contributed by atoms with Crippen LogP contribution in [0.1, 0.15) is 5.56 Å². The predicted molar refractivity (Wildman–Crippen MR) is 70.2 cm³/mol. The standard InChI is InChI=1S/C10H13N3O7S/c11-21(18,19)12(5-6-14)10(15)20-7-8-1-3-9(4-2-8)13(16)17/h1-4,14H,5-7H2,(H2,11,18,19). The molecular formula is C10H13N3O7S. The van der Waals surface area contributed by atoms with Crippen molar-refractivity contribution in [1.29, 1.82) is 0 Å². The summed E-state index contributed by atoms with van der Waals surface area (Å²) >= 11 is 0. The molecule has 1 rings (SSSR count). The first kappa shape index (κ1) is 16.8. The van der Waals surface area contributed by atoms with Crippen molar-refractivity contribution in [1.82, 2.24) is 4.31 Å². The van der Waals surface area contributed by atoms with Crippen molar-refractivity contribution in [2.24, 2.45) is 5.14 Å². The summed E-state index contributed by atoms with van der Waals surface area (Å²) in [5.74, 6) is 0. The molecule has 0 aliphatic carbocycles. The molecule has 1 aromatic rings. The minimum atomic E-state index is -4.34. The lowest BCUT2D eigenvalue weighted by Crippen LogP contribution is -2.43. The maximum absolute atomic E-state index is 11.6. The minimum absolute atomic E-state index is 0.128. The number of aliphatic hydroxyl groups excluding tert-OH is 1. The number of hydrogen-bond donors (Lipinski definition) is 2. The number of aliphatic hydroxyl groups is 1. The van der Waals surface area contributed by atoms with Gasteiger partial charge in [0.1, 0.15) is 6.61 Å². The number of ether oxygens (including phenoxy) is 1. The van der Waals surface area contributed by atoms with E-state index in [1.54, 1.807) is 0 Å². The Kier molecular flexibility index (Phi) is 5.58. The van der Waals surface area contributed by atoms with Gasteiger partial charge in [0.25, 0.3) is 5.69 Å². The van der Waals surface area contributed by atoms with Crippen molar-refractivity contribution in [2.45, 2.75) is 6.61 Å². The second kappa shape index (κ2) is 6.97. The van der Waals surface area contributed by atoms with Crippen LogP contribution in [-0.4, -0.2) is 42.0 Å². The Morgan fingerprint density at radius 1 is 1.38 bits per heavy atom. The van der Waals surface area contributed by atoms with Crippen LogP contribution in [0.25, 0.3) is 0 Å². The number of nitro groups is 1. The van der Waals surface area contributed by atoms with Gasteiger partial charge in [0.05, 0.1) is 18.1 Å². The average Bonchev–Trinajstić information content (AvgIpc) is 2.41. The molecule has 0 heterocycles. The Morgan fingerprint density at radius 2 is 1.95 bits per heavy atom. The summed E-state index contributed by atoms with van der Waals surface area (Å²) in [5, 5.41) is 23.9. The first-order valence-electron chi connectivity index (χ1n) is 5.57. The quantitative estimate of drug-likeness (QED) is 0.540. The average molecular weight is 319 g/mol. The number of non-ortho nitro benzene ring substituents is 1. The molecule has 3 N–H and O–H groups in total. The highest BCUT2D eigenvalue weighted by molar-refractivity contribution is 7.87. The molecule has 0 aliphatic rings. The summed E-state index contributed by atoms with van der Waals surface area (Å²) in [7, 11) is -4.34. The third-order valence-electron chi connectivity index (χ3n) is 2.32. The SMILES string of the molecule is NS(=O)(=O)N(CCO)C(=O)OCc1ccc([N+](=O)[O-])cc1. The van der Waals surface area contributed by atoms with Crippen LogP contribution >= 0.6 is 0 Å². The zero-order chi connectivity index (χ0) is 16.0. The Balaban J connectivity index is 2.69. The van der Waals surface area contributed by atoms with E-state index < -0.39 is 34.4 Å². The van der Waals surface area contributed by atoms with Gasteiger partial charge >= 0.3 is 16.3 Å². The molecule has 0 atom stereocenters. The molecule has 11 heteroatoms. The van der Waals surface area contributed by atoms with Crippen LogP contribution < -0.4 is 5.14 Å². The van der Waals surface area contributed by atoms with Gasteiger partial charge in [-0.25, -0.2) is 9.93 Å². The molecule has 10 nitrogen and oxygen atoms in total. The molecule has 21 heavy (non-hydrogen) atoms. The van der Waals surface area contributed by atoms with Crippen LogP contribution in [0.2, 0.25) is 0 Å². The van der Waals surface area contributed by atoms with Crippen molar-refractivity contribution in [3.63, 3.8) is 0 Å². The zero-order valence-corrected chi connectivity index (χ0v) is 11.5. The van der Waals surface area contributed by atoms with Gasteiger partial charge < -0.3 is 9.84 Å². The van der Waals surface area contributed by atoms with Gasteiger partial charge in [0.2, 0.25) is 0 Å². The maximum atomic E-state index is 11.6. The lowest BCUT2D eigenvalue weighted by molar-refractivity contribution is -0.384. The summed E-state index contributed by atoms with van der Waals surface area (Å²) in [6.07, 6.45) is -1.25. The van der Waals surface area contributed by atoms with Gasteiger partial charge in [-0.05, 0) is 17.7 Å². The molecule has 0 spiro atoms. The Hall–Kier alpha value is -2.24. The van der Waals surface area contributed by atoms with E-state index in [9.17, 15) is 23.3 Å². The van der Waals surface area contributed by atoms with Gasteiger partial charge in [-0.15, -0.1) is 0 Å². The topological polar surface area (TPSA) is 153 Å². The van der Waals surface area contributed by atoms with Crippen molar-refractivity contribution in [3.8, 4) is 0 Å². The van der Waals surface area contributed by atoms with Gasteiger partial charge in [0.15, 0.2) is 0 Å². The van der Waals surface area contributed by atoms with Crippen molar-refractivity contribution in [2.75, 3.05) is 13.2 Å². The summed E-state index contributed by atoms with van der Waals surface area (Å²) in [4.78, 5) is 21.4. The van der Waals surface area contributed by atoms with E-state index in [0.717, 1.165) is 0 Å². The second-order valence-corrected chi connectivity index (χ2v) is 5.29. The molecule has 0 aromatic heterocycles. The van der Waals surface area contributed by atoms with E-state index in [-0.39, 0.29) is 16.6 Å². The number of carbonyl (C=O) groups excluding carboxylic acids is 1. The monoisotopic (exact) mass is 319 g/mol. The van der Waals surface area contributed by atoms with Gasteiger partial charge in [-0.3, -0.25) is 10.1 Å². The van der Waals surface area contributed by atoms with Gasteiger partial charge in [-0.1, -0.05) is 0 Å². The fraction of sp³-hybridized carbons (Fsp3) is 0.300. The van der Waals surface area contributed by atoms with Crippen molar-refractivity contribution >= 4 is 22.0 Å². The highest BCUT2D eigenvalue weighted by Gasteiger charge is 2.24. The van der Waals surface area contributed by atoms with Crippen LogP contribution in [-0.2, 0) is 21.6 Å². The smallest absolute Gasteiger partial charge is 0.424 e. The van der Waals surface area contributed by atoms with E-state index >= 15 is 0 Å². The van der Waals surface area contributed by atoms with Gasteiger partial charge in [0, 0.05) is 12.1 Å². The van der Waals surface area contributed by atoms with Crippen LogP contribution in [0.3, 0.4) is 0 Å². The number of hydrogen-bond acceptors (Lipinski definition) is 7. The largest absolute Gasteiger partial charge is 0.444 e. The van der Waals surface area contributed by atoms with E-state index in [4.69, 9.17) is 15.0 Å². The van der Waals surface area contributed by atoms with E-state index in [1.165, 1.54) is 24.3 Å². The molecule has 0 unspecified atom stereocenters. The van der Waals surface area contributed by atoms with E-state index in [0.29, 0.717) is 5.56 Å². The Labute approximate surface area is 120 Å². The second-order valence-electron chi connectivity index (χ2n) is 3.82. The Morgan fingerprint density at radius 3 is 2.38 bits per heavy atom. The first-order chi connectivity index (χ1) is 9.75. The lowest BCUT2D eigenvalue weighted by atomic mass is 10.2. The van der Waals surface area contributed by atoms with E-state index in [1.807, 2.05) is 0 Å². The summed E-state index contributed by atoms with van der Waals surface area (Å²) < 4.78 is 27.1. The molecule has 116 valence electrons. The Bertz CT molecular complexity index is 614. The van der Waals surface area contributed by atoms with Crippen molar-refractivity contribution < 1.29 is 28.0 Å². The molecule has 1 aromatic carbocycles. The molecule has 0 fully saturated rings. The molecule has 0 saturated heterocycles.